The molecule has 0 bridgehead atoms. The van der Waals surface area contributed by atoms with Crippen LogP contribution in [0.15, 0.2) is 46.2 Å². The second kappa shape index (κ2) is 8.63. The first-order valence-corrected chi connectivity index (χ1v) is 9.96. The standard InChI is InChI=1S/C19H21ClN4O2S/c1-12(2)10-24-18(16-5-4-8-26-16)22-23-19(24)27-11-17(25)21-15-7-6-14(20)9-13(15)3/h4-9,12H,10-11H2,1-3H3,(H,21,25). The number of furan rings is 1. The highest BCUT2D eigenvalue weighted by Crippen LogP contribution is 2.26. The number of anilines is 1. The van der Waals surface area contributed by atoms with Crippen LogP contribution in [-0.4, -0.2) is 26.4 Å². The Balaban J connectivity index is 1.70. The summed E-state index contributed by atoms with van der Waals surface area (Å²) in [5, 5.41) is 12.7. The minimum absolute atomic E-state index is 0.107. The summed E-state index contributed by atoms with van der Waals surface area (Å²) in [5.41, 5.74) is 1.67. The van der Waals surface area contributed by atoms with Crippen molar-refractivity contribution in [3.05, 3.63) is 47.2 Å². The van der Waals surface area contributed by atoms with Crippen molar-refractivity contribution in [1.29, 1.82) is 0 Å². The van der Waals surface area contributed by atoms with E-state index in [9.17, 15) is 4.79 Å². The molecule has 3 aromatic rings. The molecule has 0 atom stereocenters. The largest absolute Gasteiger partial charge is 0.461 e. The number of carbonyl (C=O) groups excluding carboxylic acids is 1. The molecule has 142 valence electrons. The summed E-state index contributed by atoms with van der Waals surface area (Å²) in [6, 6.07) is 9.05. The maximum absolute atomic E-state index is 12.4. The molecule has 27 heavy (non-hydrogen) atoms. The van der Waals surface area contributed by atoms with Crippen molar-refractivity contribution in [2.24, 2.45) is 5.92 Å². The van der Waals surface area contributed by atoms with Crippen molar-refractivity contribution in [2.75, 3.05) is 11.1 Å². The van der Waals surface area contributed by atoms with Crippen LogP contribution in [0, 0.1) is 12.8 Å². The summed E-state index contributed by atoms with van der Waals surface area (Å²) in [5.74, 6) is 1.86. The van der Waals surface area contributed by atoms with Gasteiger partial charge in [0.2, 0.25) is 5.91 Å². The molecule has 1 N–H and O–H groups in total. The summed E-state index contributed by atoms with van der Waals surface area (Å²) >= 11 is 7.31. The summed E-state index contributed by atoms with van der Waals surface area (Å²) in [6.45, 7) is 6.89. The Morgan fingerprint density at radius 1 is 1.33 bits per heavy atom. The van der Waals surface area contributed by atoms with Crippen LogP contribution in [0.3, 0.4) is 0 Å². The molecule has 1 amide bonds. The fourth-order valence-electron chi connectivity index (χ4n) is 2.60. The van der Waals surface area contributed by atoms with Gasteiger partial charge in [0.05, 0.1) is 12.0 Å². The lowest BCUT2D eigenvalue weighted by atomic mass is 10.2. The van der Waals surface area contributed by atoms with E-state index >= 15 is 0 Å². The van der Waals surface area contributed by atoms with Crippen molar-refractivity contribution >= 4 is 35.0 Å². The fraction of sp³-hybridized carbons (Fsp3) is 0.316. The molecule has 0 radical (unpaired) electrons. The highest BCUT2D eigenvalue weighted by molar-refractivity contribution is 7.99. The zero-order valence-corrected chi connectivity index (χ0v) is 17.0. The average Bonchev–Trinajstić information content (AvgIpc) is 3.25. The van der Waals surface area contributed by atoms with Crippen LogP contribution in [0.1, 0.15) is 19.4 Å². The lowest BCUT2D eigenvalue weighted by molar-refractivity contribution is -0.113. The van der Waals surface area contributed by atoms with Gasteiger partial charge < -0.3 is 9.73 Å². The first-order valence-electron chi connectivity index (χ1n) is 8.60. The second-order valence-electron chi connectivity index (χ2n) is 6.58. The Labute approximate surface area is 167 Å². The molecule has 0 saturated carbocycles. The van der Waals surface area contributed by atoms with Gasteiger partial charge in [0.15, 0.2) is 16.7 Å². The molecule has 0 aliphatic rings. The zero-order chi connectivity index (χ0) is 19.4. The number of thioether (sulfide) groups is 1. The Morgan fingerprint density at radius 3 is 2.81 bits per heavy atom. The van der Waals surface area contributed by atoms with E-state index in [0.29, 0.717) is 27.7 Å². The van der Waals surface area contributed by atoms with Gasteiger partial charge in [-0.15, -0.1) is 10.2 Å². The number of amides is 1. The zero-order valence-electron chi connectivity index (χ0n) is 15.4. The molecular formula is C19H21ClN4O2S. The van der Waals surface area contributed by atoms with Crippen LogP contribution in [0.5, 0.6) is 0 Å². The van der Waals surface area contributed by atoms with Crippen LogP contribution in [0.25, 0.3) is 11.6 Å². The number of halogens is 1. The average molecular weight is 405 g/mol. The van der Waals surface area contributed by atoms with Gasteiger partial charge in [0.1, 0.15) is 0 Å². The van der Waals surface area contributed by atoms with Gasteiger partial charge in [-0.25, -0.2) is 0 Å². The molecule has 1 aromatic carbocycles. The molecule has 0 aliphatic carbocycles. The van der Waals surface area contributed by atoms with Crippen molar-refractivity contribution in [1.82, 2.24) is 14.8 Å². The highest BCUT2D eigenvalue weighted by Gasteiger charge is 2.18. The first-order chi connectivity index (χ1) is 12.9. The number of rotatable bonds is 7. The van der Waals surface area contributed by atoms with E-state index < -0.39 is 0 Å². The Kier molecular flexibility index (Phi) is 6.23. The molecular weight excluding hydrogens is 384 g/mol. The number of aryl methyl sites for hydroxylation is 1. The normalized spacial score (nSPS) is 11.1. The van der Waals surface area contributed by atoms with Gasteiger partial charge in [-0.3, -0.25) is 9.36 Å². The minimum Gasteiger partial charge on any atom is -0.461 e. The van der Waals surface area contributed by atoms with Crippen LogP contribution in [-0.2, 0) is 11.3 Å². The molecule has 2 aromatic heterocycles. The third-order valence-corrected chi connectivity index (χ3v) is 5.00. The van der Waals surface area contributed by atoms with Gasteiger partial charge >= 0.3 is 0 Å². The monoisotopic (exact) mass is 404 g/mol. The molecule has 6 nitrogen and oxygen atoms in total. The smallest absolute Gasteiger partial charge is 0.234 e. The second-order valence-corrected chi connectivity index (χ2v) is 7.96. The maximum atomic E-state index is 12.4. The lowest BCUT2D eigenvalue weighted by Crippen LogP contribution is -2.16. The highest BCUT2D eigenvalue weighted by atomic mass is 35.5. The van der Waals surface area contributed by atoms with Crippen molar-refractivity contribution < 1.29 is 9.21 Å². The predicted octanol–water partition coefficient (Wildman–Crippen LogP) is 4.89. The van der Waals surface area contributed by atoms with Gasteiger partial charge in [0.25, 0.3) is 0 Å². The third-order valence-electron chi connectivity index (χ3n) is 3.80. The van der Waals surface area contributed by atoms with Gasteiger partial charge in [-0.05, 0) is 48.7 Å². The topological polar surface area (TPSA) is 73.0 Å². The van der Waals surface area contributed by atoms with Gasteiger partial charge in [-0.2, -0.15) is 0 Å². The SMILES string of the molecule is Cc1cc(Cl)ccc1NC(=O)CSc1nnc(-c2ccco2)n1CC(C)C. The van der Waals surface area contributed by atoms with Crippen molar-refractivity contribution in [3.63, 3.8) is 0 Å². The van der Waals surface area contributed by atoms with Crippen molar-refractivity contribution in [2.45, 2.75) is 32.5 Å². The van der Waals surface area contributed by atoms with E-state index in [1.807, 2.05) is 29.7 Å². The summed E-state index contributed by atoms with van der Waals surface area (Å²) in [6.07, 6.45) is 1.61. The molecule has 3 rings (SSSR count). The number of benzene rings is 1. The first kappa shape index (κ1) is 19.5. The summed E-state index contributed by atoms with van der Waals surface area (Å²) in [4.78, 5) is 12.4. The number of nitrogens with one attached hydrogen (secondary N) is 1. The van der Waals surface area contributed by atoms with Gasteiger partial charge in [0, 0.05) is 17.3 Å². The van der Waals surface area contributed by atoms with E-state index in [4.69, 9.17) is 16.0 Å². The van der Waals surface area contributed by atoms with Crippen LogP contribution in [0.2, 0.25) is 5.02 Å². The van der Waals surface area contributed by atoms with Crippen LogP contribution < -0.4 is 5.32 Å². The lowest BCUT2D eigenvalue weighted by Gasteiger charge is -2.12. The molecule has 0 aliphatic heterocycles. The Morgan fingerprint density at radius 2 is 2.15 bits per heavy atom. The molecule has 2 heterocycles. The number of nitrogens with zero attached hydrogens (tertiary/aromatic N) is 3. The quantitative estimate of drug-likeness (QED) is 0.567. The predicted molar refractivity (Wildman–Crippen MR) is 108 cm³/mol. The molecule has 0 fully saturated rings. The number of aromatic nitrogens is 3. The Hall–Kier alpha value is -2.25. The Bertz CT molecular complexity index is 922. The molecule has 0 saturated heterocycles. The van der Waals surface area contributed by atoms with E-state index in [1.54, 1.807) is 18.4 Å². The van der Waals surface area contributed by atoms with E-state index in [2.05, 4.69) is 29.4 Å². The molecule has 0 unspecified atom stereocenters. The van der Waals surface area contributed by atoms with Crippen LogP contribution >= 0.6 is 23.4 Å². The van der Waals surface area contributed by atoms with Crippen LogP contribution in [0.4, 0.5) is 5.69 Å². The van der Waals surface area contributed by atoms with E-state index in [1.165, 1.54) is 11.8 Å². The minimum atomic E-state index is -0.107. The number of hydrogen-bond donors (Lipinski definition) is 1. The third kappa shape index (κ3) is 4.93. The maximum Gasteiger partial charge on any atom is 0.234 e. The summed E-state index contributed by atoms with van der Waals surface area (Å²) in [7, 11) is 0. The van der Waals surface area contributed by atoms with E-state index in [-0.39, 0.29) is 11.7 Å². The molecule has 0 spiro atoms. The van der Waals surface area contributed by atoms with Gasteiger partial charge in [-0.1, -0.05) is 37.2 Å². The van der Waals surface area contributed by atoms with E-state index in [0.717, 1.165) is 17.8 Å². The van der Waals surface area contributed by atoms with Crippen molar-refractivity contribution in [3.8, 4) is 11.6 Å². The molecule has 8 heteroatoms. The summed E-state index contributed by atoms with van der Waals surface area (Å²) < 4.78 is 7.45. The number of hydrogen-bond acceptors (Lipinski definition) is 5. The number of carbonyl (C=O) groups is 1. The fourth-order valence-corrected chi connectivity index (χ4v) is 3.57.